The van der Waals surface area contributed by atoms with Crippen LogP contribution in [-0.4, -0.2) is 46.8 Å². The average Bonchev–Trinajstić information content (AvgIpc) is 2.26. The Bertz CT molecular complexity index is 129. The highest BCUT2D eigenvalue weighted by atomic mass is 16.7. The second-order valence-electron chi connectivity index (χ2n) is 3.54. The van der Waals surface area contributed by atoms with E-state index < -0.39 is 0 Å². The van der Waals surface area contributed by atoms with Crippen LogP contribution in [0.2, 0.25) is 0 Å². The molecule has 0 aromatic heterocycles. The lowest BCUT2D eigenvalue weighted by atomic mass is 10.1. The molecule has 0 radical (unpaired) electrons. The van der Waals surface area contributed by atoms with Crippen molar-refractivity contribution in [2.24, 2.45) is 0 Å². The van der Waals surface area contributed by atoms with Crippen LogP contribution in [0.1, 0.15) is 26.2 Å². The summed E-state index contributed by atoms with van der Waals surface area (Å²) in [7, 11) is 5.06. The third-order valence-corrected chi connectivity index (χ3v) is 2.31. The first-order chi connectivity index (χ1) is 7.29. The third-order valence-electron chi connectivity index (χ3n) is 2.31. The summed E-state index contributed by atoms with van der Waals surface area (Å²) in [5.74, 6) is 0. The first kappa shape index (κ1) is 14.8. The van der Waals surface area contributed by atoms with Crippen molar-refractivity contribution in [1.82, 2.24) is 5.32 Å². The van der Waals surface area contributed by atoms with Gasteiger partial charge in [0.25, 0.3) is 0 Å². The molecule has 0 saturated carbocycles. The standard InChI is InChI=1S/C11H25NO3/c1-5-8-12-10(7-6-9-13-2)11(14-3)15-4/h10-12H,5-9H2,1-4H3. The molecular weight excluding hydrogens is 194 g/mol. The highest BCUT2D eigenvalue weighted by Gasteiger charge is 2.19. The predicted octanol–water partition coefficient (Wildman–Crippen LogP) is 1.40. The molecule has 0 aliphatic rings. The van der Waals surface area contributed by atoms with Crippen molar-refractivity contribution < 1.29 is 14.2 Å². The molecule has 0 heterocycles. The van der Waals surface area contributed by atoms with Crippen LogP contribution in [0.15, 0.2) is 0 Å². The van der Waals surface area contributed by atoms with Crippen LogP contribution in [0.25, 0.3) is 0 Å². The fourth-order valence-electron chi connectivity index (χ4n) is 1.54. The Morgan fingerprint density at radius 2 is 1.80 bits per heavy atom. The lowest BCUT2D eigenvalue weighted by molar-refractivity contribution is -0.124. The zero-order valence-corrected chi connectivity index (χ0v) is 10.4. The van der Waals surface area contributed by atoms with E-state index >= 15 is 0 Å². The molecule has 0 rings (SSSR count). The molecule has 0 aromatic carbocycles. The average molecular weight is 219 g/mol. The van der Waals surface area contributed by atoms with E-state index in [-0.39, 0.29) is 12.3 Å². The molecule has 4 heteroatoms. The van der Waals surface area contributed by atoms with Crippen LogP contribution in [-0.2, 0) is 14.2 Å². The Balaban J connectivity index is 3.91. The number of methoxy groups -OCH3 is 3. The summed E-state index contributed by atoms with van der Waals surface area (Å²) in [5, 5.41) is 3.42. The largest absolute Gasteiger partial charge is 0.385 e. The van der Waals surface area contributed by atoms with Crippen LogP contribution < -0.4 is 5.32 Å². The highest BCUT2D eigenvalue weighted by molar-refractivity contribution is 4.70. The van der Waals surface area contributed by atoms with E-state index in [0.29, 0.717) is 0 Å². The van der Waals surface area contributed by atoms with Gasteiger partial charge in [-0.05, 0) is 25.8 Å². The van der Waals surface area contributed by atoms with Gasteiger partial charge in [-0.1, -0.05) is 6.92 Å². The van der Waals surface area contributed by atoms with E-state index in [0.717, 1.165) is 32.4 Å². The van der Waals surface area contributed by atoms with E-state index in [9.17, 15) is 0 Å². The van der Waals surface area contributed by atoms with Gasteiger partial charge in [-0.25, -0.2) is 0 Å². The molecular formula is C11H25NO3. The summed E-state index contributed by atoms with van der Waals surface area (Å²) in [5.41, 5.74) is 0. The molecule has 0 aliphatic heterocycles. The zero-order valence-electron chi connectivity index (χ0n) is 10.4. The van der Waals surface area contributed by atoms with Gasteiger partial charge in [-0.2, -0.15) is 0 Å². The van der Waals surface area contributed by atoms with Gasteiger partial charge in [0.2, 0.25) is 0 Å². The maximum Gasteiger partial charge on any atom is 0.171 e. The van der Waals surface area contributed by atoms with Crippen LogP contribution in [0, 0.1) is 0 Å². The SMILES string of the molecule is CCCNC(CCCOC)C(OC)OC. The van der Waals surface area contributed by atoms with Crippen molar-refractivity contribution in [3.05, 3.63) is 0 Å². The third kappa shape index (κ3) is 6.84. The summed E-state index contributed by atoms with van der Waals surface area (Å²) >= 11 is 0. The van der Waals surface area contributed by atoms with Gasteiger partial charge in [-0.15, -0.1) is 0 Å². The van der Waals surface area contributed by atoms with E-state index in [1.54, 1.807) is 21.3 Å². The zero-order chi connectivity index (χ0) is 11.5. The second kappa shape index (κ2) is 10.4. The summed E-state index contributed by atoms with van der Waals surface area (Å²) in [6.07, 6.45) is 2.95. The van der Waals surface area contributed by atoms with Crippen molar-refractivity contribution in [2.45, 2.75) is 38.5 Å². The van der Waals surface area contributed by atoms with Crippen molar-refractivity contribution in [3.8, 4) is 0 Å². The molecule has 0 saturated heterocycles. The molecule has 4 nitrogen and oxygen atoms in total. The lowest BCUT2D eigenvalue weighted by Gasteiger charge is -2.25. The van der Waals surface area contributed by atoms with Crippen LogP contribution in [0.4, 0.5) is 0 Å². The van der Waals surface area contributed by atoms with E-state index in [2.05, 4.69) is 12.2 Å². The fraction of sp³-hybridized carbons (Fsp3) is 1.00. The molecule has 0 fully saturated rings. The van der Waals surface area contributed by atoms with E-state index in [4.69, 9.17) is 14.2 Å². The quantitative estimate of drug-likeness (QED) is 0.445. The maximum absolute atomic E-state index is 5.26. The lowest BCUT2D eigenvalue weighted by Crippen LogP contribution is -2.42. The van der Waals surface area contributed by atoms with Crippen LogP contribution in [0.5, 0.6) is 0 Å². The molecule has 0 aliphatic carbocycles. The van der Waals surface area contributed by atoms with Gasteiger partial charge in [0.1, 0.15) is 0 Å². The highest BCUT2D eigenvalue weighted by Crippen LogP contribution is 2.07. The number of hydrogen-bond acceptors (Lipinski definition) is 4. The molecule has 92 valence electrons. The number of rotatable bonds is 10. The number of ether oxygens (including phenoxy) is 3. The van der Waals surface area contributed by atoms with Gasteiger partial charge in [-0.3, -0.25) is 0 Å². The minimum atomic E-state index is -0.173. The Morgan fingerprint density at radius 3 is 2.27 bits per heavy atom. The predicted molar refractivity (Wildman–Crippen MR) is 61.0 cm³/mol. The monoisotopic (exact) mass is 219 g/mol. The topological polar surface area (TPSA) is 39.7 Å². The molecule has 0 amide bonds. The Kier molecular flexibility index (Phi) is 10.3. The maximum atomic E-state index is 5.26. The Morgan fingerprint density at radius 1 is 1.13 bits per heavy atom. The summed E-state index contributed by atoms with van der Waals surface area (Å²) < 4.78 is 15.6. The number of hydrogen-bond donors (Lipinski definition) is 1. The van der Waals surface area contributed by atoms with Gasteiger partial charge in [0, 0.05) is 27.9 Å². The molecule has 15 heavy (non-hydrogen) atoms. The molecule has 1 unspecified atom stereocenters. The van der Waals surface area contributed by atoms with Crippen molar-refractivity contribution in [1.29, 1.82) is 0 Å². The molecule has 1 atom stereocenters. The van der Waals surface area contributed by atoms with Crippen LogP contribution >= 0.6 is 0 Å². The summed E-state index contributed by atoms with van der Waals surface area (Å²) in [6, 6.07) is 0.245. The van der Waals surface area contributed by atoms with Gasteiger partial charge < -0.3 is 19.5 Å². The first-order valence-corrected chi connectivity index (χ1v) is 5.58. The minimum Gasteiger partial charge on any atom is -0.385 e. The molecule has 0 spiro atoms. The van der Waals surface area contributed by atoms with Crippen molar-refractivity contribution >= 4 is 0 Å². The van der Waals surface area contributed by atoms with Gasteiger partial charge in [0.15, 0.2) is 6.29 Å². The summed E-state index contributed by atoms with van der Waals surface area (Å²) in [4.78, 5) is 0. The number of nitrogens with one attached hydrogen (secondary N) is 1. The molecule has 1 N–H and O–H groups in total. The Labute approximate surface area is 93.3 Å². The fourth-order valence-corrected chi connectivity index (χ4v) is 1.54. The minimum absolute atomic E-state index is 0.173. The van der Waals surface area contributed by atoms with E-state index in [1.165, 1.54) is 0 Å². The second-order valence-corrected chi connectivity index (χ2v) is 3.54. The molecule has 0 bridgehead atoms. The van der Waals surface area contributed by atoms with Crippen molar-refractivity contribution in [3.63, 3.8) is 0 Å². The van der Waals surface area contributed by atoms with Crippen LogP contribution in [0.3, 0.4) is 0 Å². The Hall–Kier alpha value is -0.160. The normalized spacial score (nSPS) is 13.4. The van der Waals surface area contributed by atoms with Gasteiger partial charge >= 0.3 is 0 Å². The molecule has 0 aromatic rings. The van der Waals surface area contributed by atoms with E-state index in [1.807, 2.05) is 0 Å². The van der Waals surface area contributed by atoms with Crippen molar-refractivity contribution in [2.75, 3.05) is 34.5 Å². The first-order valence-electron chi connectivity index (χ1n) is 5.58. The summed E-state index contributed by atoms with van der Waals surface area (Å²) in [6.45, 7) is 3.92. The van der Waals surface area contributed by atoms with Gasteiger partial charge in [0.05, 0.1) is 6.04 Å². The smallest absolute Gasteiger partial charge is 0.171 e.